The van der Waals surface area contributed by atoms with Crippen LogP contribution in [0.3, 0.4) is 0 Å². The van der Waals surface area contributed by atoms with Gasteiger partial charge >= 0.3 is 0 Å². The maximum absolute atomic E-state index is 4.18. The SMILES string of the molecule is c1cc(CNCc2cccc3n[nH]nc23)c2n[nH]nc2c1. The predicted molar refractivity (Wildman–Crippen MR) is 78.3 cm³/mol. The van der Waals surface area contributed by atoms with E-state index in [4.69, 9.17) is 0 Å². The number of fused-ring (bicyclic) bond motifs is 2. The molecule has 0 atom stereocenters. The Morgan fingerprint density at radius 3 is 1.76 bits per heavy atom. The zero-order chi connectivity index (χ0) is 14.1. The molecule has 0 amide bonds. The molecule has 3 N–H and O–H groups in total. The van der Waals surface area contributed by atoms with E-state index in [1.165, 1.54) is 0 Å². The summed E-state index contributed by atoms with van der Waals surface area (Å²) in [5.41, 5.74) is 5.82. The van der Waals surface area contributed by atoms with E-state index < -0.39 is 0 Å². The molecule has 0 fully saturated rings. The van der Waals surface area contributed by atoms with Crippen molar-refractivity contribution in [3.63, 3.8) is 0 Å². The number of benzene rings is 2. The number of H-pyrrole nitrogens is 2. The molecular weight excluding hydrogens is 266 g/mol. The number of aromatic amines is 2. The van der Waals surface area contributed by atoms with Crippen LogP contribution in [0.15, 0.2) is 36.4 Å². The van der Waals surface area contributed by atoms with Gasteiger partial charge in [-0.15, -0.1) is 0 Å². The molecule has 104 valence electrons. The summed E-state index contributed by atoms with van der Waals surface area (Å²) in [5.74, 6) is 0. The van der Waals surface area contributed by atoms with Crippen LogP contribution in [-0.2, 0) is 13.1 Å². The number of aromatic nitrogens is 6. The zero-order valence-electron chi connectivity index (χ0n) is 11.2. The van der Waals surface area contributed by atoms with Gasteiger partial charge in [0.2, 0.25) is 0 Å². The second-order valence-electron chi connectivity index (χ2n) is 4.82. The Morgan fingerprint density at radius 1 is 0.714 bits per heavy atom. The lowest BCUT2D eigenvalue weighted by Crippen LogP contribution is -2.13. The molecule has 4 rings (SSSR count). The van der Waals surface area contributed by atoms with Crippen molar-refractivity contribution in [2.45, 2.75) is 13.1 Å². The fourth-order valence-electron chi connectivity index (χ4n) is 2.47. The number of para-hydroxylation sites is 2. The van der Waals surface area contributed by atoms with Gasteiger partial charge in [0.15, 0.2) is 0 Å². The van der Waals surface area contributed by atoms with Crippen LogP contribution in [0.2, 0.25) is 0 Å². The Labute approximate surface area is 119 Å². The van der Waals surface area contributed by atoms with Crippen LogP contribution in [-0.4, -0.2) is 30.8 Å². The van der Waals surface area contributed by atoms with Gasteiger partial charge in [-0.2, -0.15) is 30.8 Å². The van der Waals surface area contributed by atoms with Gasteiger partial charge in [-0.1, -0.05) is 24.3 Å². The molecule has 21 heavy (non-hydrogen) atoms. The van der Waals surface area contributed by atoms with Gasteiger partial charge in [-0.25, -0.2) is 0 Å². The second-order valence-corrected chi connectivity index (χ2v) is 4.82. The largest absolute Gasteiger partial charge is 0.308 e. The minimum absolute atomic E-state index is 0.720. The molecule has 0 saturated heterocycles. The monoisotopic (exact) mass is 279 g/mol. The van der Waals surface area contributed by atoms with Crippen molar-refractivity contribution in [3.8, 4) is 0 Å². The molecule has 7 heteroatoms. The smallest absolute Gasteiger partial charge is 0.117 e. The molecule has 2 heterocycles. The normalized spacial score (nSPS) is 11.4. The van der Waals surface area contributed by atoms with Crippen LogP contribution in [0, 0.1) is 0 Å². The summed E-state index contributed by atoms with van der Waals surface area (Å²) >= 11 is 0. The van der Waals surface area contributed by atoms with Gasteiger partial charge in [-0.3, -0.25) is 0 Å². The minimum atomic E-state index is 0.720. The summed E-state index contributed by atoms with van der Waals surface area (Å²) in [7, 11) is 0. The Bertz CT molecular complexity index is 818. The molecule has 0 aliphatic carbocycles. The van der Waals surface area contributed by atoms with Gasteiger partial charge in [0.05, 0.1) is 0 Å². The van der Waals surface area contributed by atoms with Crippen molar-refractivity contribution in [2.24, 2.45) is 0 Å². The maximum Gasteiger partial charge on any atom is 0.117 e. The number of rotatable bonds is 4. The summed E-state index contributed by atoms with van der Waals surface area (Å²) in [6.07, 6.45) is 0. The highest BCUT2D eigenvalue weighted by Gasteiger charge is 2.06. The number of nitrogens with one attached hydrogen (secondary N) is 3. The topological polar surface area (TPSA) is 95.2 Å². The summed E-state index contributed by atoms with van der Waals surface area (Å²) < 4.78 is 0. The molecule has 2 aromatic heterocycles. The van der Waals surface area contributed by atoms with E-state index in [9.17, 15) is 0 Å². The van der Waals surface area contributed by atoms with Gasteiger partial charge in [0.25, 0.3) is 0 Å². The van der Waals surface area contributed by atoms with Gasteiger partial charge in [0, 0.05) is 13.1 Å². The van der Waals surface area contributed by atoms with Gasteiger partial charge < -0.3 is 5.32 Å². The highest BCUT2D eigenvalue weighted by Crippen LogP contribution is 2.15. The summed E-state index contributed by atoms with van der Waals surface area (Å²) in [5, 5.41) is 25.3. The van der Waals surface area contributed by atoms with Crippen LogP contribution in [0.5, 0.6) is 0 Å². The van der Waals surface area contributed by atoms with E-state index in [1.807, 2.05) is 24.3 Å². The van der Waals surface area contributed by atoms with Crippen LogP contribution < -0.4 is 5.32 Å². The predicted octanol–water partition coefficient (Wildman–Crippen LogP) is 1.52. The van der Waals surface area contributed by atoms with Crippen molar-refractivity contribution >= 4 is 22.1 Å². The Kier molecular flexibility index (Phi) is 2.82. The molecule has 0 saturated carbocycles. The third-order valence-electron chi connectivity index (χ3n) is 3.49. The molecule has 0 bridgehead atoms. The Balaban J connectivity index is 1.53. The van der Waals surface area contributed by atoms with Crippen LogP contribution >= 0.6 is 0 Å². The standard InChI is InChI=1S/C14H13N7/c1-3-9(13-11(5-1)16-20-18-13)7-15-8-10-4-2-6-12-14(10)19-21-17-12/h1-6,15H,7-8H2,(H,16,18,20)(H,17,19,21). The number of hydrogen-bond donors (Lipinski definition) is 3. The van der Waals surface area contributed by atoms with E-state index in [0.29, 0.717) is 0 Å². The van der Waals surface area contributed by atoms with Crippen molar-refractivity contribution in [1.29, 1.82) is 0 Å². The first-order valence-electron chi connectivity index (χ1n) is 6.69. The van der Waals surface area contributed by atoms with Crippen LogP contribution in [0.1, 0.15) is 11.1 Å². The molecule has 4 aromatic rings. The van der Waals surface area contributed by atoms with Crippen molar-refractivity contribution < 1.29 is 0 Å². The molecule has 0 aliphatic rings. The lowest BCUT2D eigenvalue weighted by molar-refractivity contribution is 0.697. The number of nitrogens with zero attached hydrogens (tertiary/aromatic N) is 4. The van der Waals surface area contributed by atoms with Gasteiger partial charge in [0.1, 0.15) is 22.1 Å². The molecule has 0 radical (unpaired) electrons. The quantitative estimate of drug-likeness (QED) is 0.526. The maximum atomic E-state index is 4.18. The molecule has 0 aliphatic heterocycles. The van der Waals surface area contributed by atoms with Crippen molar-refractivity contribution in [3.05, 3.63) is 47.5 Å². The minimum Gasteiger partial charge on any atom is -0.308 e. The van der Waals surface area contributed by atoms with E-state index in [0.717, 1.165) is 46.3 Å². The van der Waals surface area contributed by atoms with E-state index in [2.05, 4.69) is 48.3 Å². The highest BCUT2D eigenvalue weighted by molar-refractivity contribution is 5.78. The van der Waals surface area contributed by atoms with Gasteiger partial charge in [-0.05, 0) is 23.3 Å². The molecule has 0 spiro atoms. The average molecular weight is 279 g/mol. The fourth-order valence-corrected chi connectivity index (χ4v) is 2.47. The third-order valence-corrected chi connectivity index (χ3v) is 3.49. The summed E-state index contributed by atoms with van der Waals surface area (Å²) in [6, 6.07) is 12.0. The molecule has 2 aromatic carbocycles. The zero-order valence-corrected chi connectivity index (χ0v) is 11.2. The lowest BCUT2D eigenvalue weighted by atomic mass is 10.1. The Hall–Kier alpha value is -2.80. The van der Waals surface area contributed by atoms with Crippen molar-refractivity contribution in [1.82, 2.24) is 36.1 Å². The lowest BCUT2D eigenvalue weighted by Gasteiger charge is -2.05. The molecule has 0 unspecified atom stereocenters. The first kappa shape index (κ1) is 12.0. The second kappa shape index (κ2) is 4.95. The molecular formula is C14H13N7. The first-order valence-corrected chi connectivity index (χ1v) is 6.69. The van der Waals surface area contributed by atoms with E-state index in [1.54, 1.807) is 0 Å². The Morgan fingerprint density at radius 2 is 1.24 bits per heavy atom. The first-order chi connectivity index (χ1) is 10.4. The van der Waals surface area contributed by atoms with Crippen LogP contribution in [0.25, 0.3) is 22.1 Å². The average Bonchev–Trinajstić information content (AvgIpc) is 3.16. The number of hydrogen-bond acceptors (Lipinski definition) is 5. The summed E-state index contributed by atoms with van der Waals surface area (Å²) in [4.78, 5) is 0. The highest BCUT2D eigenvalue weighted by atomic mass is 15.3. The van der Waals surface area contributed by atoms with E-state index >= 15 is 0 Å². The van der Waals surface area contributed by atoms with Crippen LogP contribution in [0.4, 0.5) is 0 Å². The van der Waals surface area contributed by atoms with E-state index in [-0.39, 0.29) is 0 Å². The summed E-state index contributed by atoms with van der Waals surface area (Å²) in [6.45, 7) is 1.44. The third kappa shape index (κ3) is 2.13. The molecule has 7 nitrogen and oxygen atoms in total. The fraction of sp³-hybridized carbons (Fsp3) is 0.143. The van der Waals surface area contributed by atoms with Crippen molar-refractivity contribution in [2.75, 3.05) is 0 Å².